The molecule has 0 bridgehead atoms. The molecule has 0 aliphatic carbocycles. The van der Waals surface area contributed by atoms with E-state index in [0.717, 1.165) is 105 Å². The number of fused-ring (bicyclic) bond motifs is 6. The highest BCUT2D eigenvalue weighted by atomic mass is 15.0. The second-order valence-corrected chi connectivity index (χ2v) is 18.1. The summed E-state index contributed by atoms with van der Waals surface area (Å²) in [6.45, 7) is 0. The Morgan fingerprint density at radius 2 is 0.676 bits per heavy atom. The number of aromatic nitrogens is 5. The Hall–Kier alpha value is -10.7. The van der Waals surface area contributed by atoms with E-state index in [0.29, 0.717) is 34.2 Å². The van der Waals surface area contributed by atoms with Gasteiger partial charge in [0.05, 0.1) is 68.3 Å². The molecular formula is C66H38N8. The molecule has 0 saturated carbocycles. The van der Waals surface area contributed by atoms with Crippen LogP contribution in [0.5, 0.6) is 0 Å². The minimum Gasteiger partial charge on any atom is -0.309 e. The van der Waals surface area contributed by atoms with Crippen molar-refractivity contribution in [3.8, 4) is 97.1 Å². The Balaban J connectivity index is 1.08. The lowest BCUT2D eigenvalue weighted by molar-refractivity contribution is 1.07. The van der Waals surface area contributed by atoms with Crippen molar-refractivity contribution in [3.63, 3.8) is 0 Å². The Labute approximate surface area is 425 Å². The minimum absolute atomic E-state index is 0.423. The van der Waals surface area contributed by atoms with Crippen molar-refractivity contribution in [1.82, 2.24) is 24.1 Å². The van der Waals surface area contributed by atoms with Crippen LogP contribution in [-0.4, -0.2) is 24.1 Å². The molecule has 8 nitrogen and oxygen atoms in total. The summed E-state index contributed by atoms with van der Waals surface area (Å²) in [7, 11) is 0. The smallest absolute Gasteiger partial charge is 0.164 e. The van der Waals surface area contributed by atoms with Gasteiger partial charge in [-0.3, -0.25) is 0 Å². The SMILES string of the molecule is N#Cc1cccc(-c2cc(-c3nc(-c4ccc(-n5c6ccccc6c6ccccc65)c(-c5cccc(C#N)c5)c4)nc(-c4ccccc4-c4ccccc4C#N)n3)ccc2-n2c3ccccc3c3ccccc32)c1. The molecule has 10 aromatic carbocycles. The van der Waals surface area contributed by atoms with Gasteiger partial charge in [0.1, 0.15) is 0 Å². The van der Waals surface area contributed by atoms with E-state index in [4.69, 9.17) is 15.0 Å². The molecule has 0 atom stereocenters. The summed E-state index contributed by atoms with van der Waals surface area (Å²) in [6, 6.07) is 84.2. The third-order valence-electron chi connectivity index (χ3n) is 13.9. The van der Waals surface area contributed by atoms with Crippen LogP contribution < -0.4 is 0 Å². The zero-order chi connectivity index (χ0) is 49.7. The fraction of sp³-hybridized carbons (Fsp3) is 0. The normalized spacial score (nSPS) is 11.2. The summed E-state index contributed by atoms with van der Waals surface area (Å²) < 4.78 is 4.58. The van der Waals surface area contributed by atoms with E-state index in [-0.39, 0.29) is 0 Å². The minimum atomic E-state index is 0.423. The van der Waals surface area contributed by atoms with Crippen molar-refractivity contribution in [2.75, 3.05) is 0 Å². The molecule has 0 unspecified atom stereocenters. The van der Waals surface area contributed by atoms with Crippen LogP contribution in [-0.2, 0) is 0 Å². The fourth-order valence-electron chi connectivity index (χ4n) is 10.6. The molecule has 74 heavy (non-hydrogen) atoms. The number of benzene rings is 10. The van der Waals surface area contributed by atoms with Crippen molar-refractivity contribution in [1.29, 1.82) is 15.8 Å². The average molecular weight is 943 g/mol. The Kier molecular flexibility index (Phi) is 10.5. The lowest BCUT2D eigenvalue weighted by Crippen LogP contribution is -2.03. The second-order valence-electron chi connectivity index (χ2n) is 18.1. The van der Waals surface area contributed by atoms with Gasteiger partial charge in [0.2, 0.25) is 0 Å². The third kappa shape index (κ3) is 7.25. The first kappa shape index (κ1) is 43.3. The molecule has 0 radical (unpaired) electrons. The van der Waals surface area contributed by atoms with E-state index in [2.05, 4.69) is 161 Å². The zero-order valence-electron chi connectivity index (χ0n) is 39.5. The number of nitriles is 3. The highest BCUT2D eigenvalue weighted by Crippen LogP contribution is 2.42. The van der Waals surface area contributed by atoms with Gasteiger partial charge in [0.25, 0.3) is 0 Å². The summed E-state index contributed by atoms with van der Waals surface area (Å²) in [4.78, 5) is 16.0. The second kappa shape index (κ2) is 17.9. The monoisotopic (exact) mass is 942 g/mol. The maximum atomic E-state index is 10.3. The van der Waals surface area contributed by atoms with Gasteiger partial charge in [-0.1, -0.05) is 140 Å². The molecule has 0 amide bonds. The predicted molar refractivity (Wildman–Crippen MR) is 295 cm³/mol. The van der Waals surface area contributed by atoms with E-state index in [1.165, 1.54) is 0 Å². The van der Waals surface area contributed by atoms with Crippen molar-refractivity contribution in [3.05, 3.63) is 247 Å². The first-order chi connectivity index (χ1) is 36.6. The van der Waals surface area contributed by atoms with Crippen LogP contribution in [0.25, 0.3) is 123 Å². The largest absolute Gasteiger partial charge is 0.309 e. The molecule has 13 aromatic rings. The summed E-state index contributed by atoms with van der Waals surface area (Å²) >= 11 is 0. The van der Waals surface area contributed by atoms with Gasteiger partial charge in [0, 0.05) is 54.9 Å². The predicted octanol–water partition coefficient (Wildman–Crippen LogP) is 15.7. The van der Waals surface area contributed by atoms with Crippen LogP contribution in [0, 0.1) is 34.0 Å². The number of hydrogen-bond acceptors (Lipinski definition) is 6. The van der Waals surface area contributed by atoms with Gasteiger partial charge >= 0.3 is 0 Å². The van der Waals surface area contributed by atoms with E-state index in [1.54, 1.807) is 0 Å². The van der Waals surface area contributed by atoms with E-state index in [1.807, 2.05) is 97.1 Å². The van der Waals surface area contributed by atoms with E-state index >= 15 is 0 Å². The average Bonchev–Trinajstić information content (AvgIpc) is 4.00. The Bertz CT molecular complexity index is 4210. The van der Waals surface area contributed by atoms with Crippen LogP contribution in [0.4, 0.5) is 0 Å². The number of nitrogens with zero attached hydrogens (tertiary/aromatic N) is 8. The van der Waals surface area contributed by atoms with Gasteiger partial charge in [-0.25, -0.2) is 15.0 Å². The Morgan fingerprint density at radius 3 is 1.12 bits per heavy atom. The molecule has 3 heterocycles. The quantitative estimate of drug-likeness (QED) is 0.150. The standard InChI is InChI=1S/C66H38N8/c67-39-42-15-13-18-44(35-42)56-37-46(31-33-62(56)73-58-27-9-5-22-51(58)52-23-6-10-28-59(52)73)64-70-65(72-66(71-64)55-26-4-3-21-50(55)49-20-2-1-17-48(49)41-69)47-32-34-63(57(38-47)45-19-14-16-43(36-45)40-68)74-60-29-11-7-24-53(60)54-25-8-12-30-61(54)74/h1-38H. The molecule has 13 rings (SSSR count). The highest BCUT2D eigenvalue weighted by Gasteiger charge is 2.23. The van der Waals surface area contributed by atoms with Crippen molar-refractivity contribution < 1.29 is 0 Å². The van der Waals surface area contributed by atoms with Crippen LogP contribution >= 0.6 is 0 Å². The lowest BCUT2D eigenvalue weighted by atomic mass is 9.95. The number of rotatable bonds is 8. The summed E-state index contributed by atoms with van der Waals surface area (Å²) in [5.74, 6) is 1.28. The fourth-order valence-corrected chi connectivity index (χ4v) is 10.6. The highest BCUT2D eigenvalue weighted by molar-refractivity contribution is 6.11. The molecule has 0 N–H and O–H groups in total. The van der Waals surface area contributed by atoms with Crippen LogP contribution in [0.2, 0.25) is 0 Å². The molecular weight excluding hydrogens is 905 g/mol. The first-order valence-electron chi connectivity index (χ1n) is 24.2. The van der Waals surface area contributed by atoms with Gasteiger partial charge < -0.3 is 9.13 Å². The molecule has 8 heteroatoms. The first-order valence-corrected chi connectivity index (χ1v) is 24.2. The van der Waals surface area contributed by atoms with Crippen LogP contribution in [0.15, 0.2) is 231 Å². The van der Waals surface area contributed by atoms with Gasteiger partial charge in [-0.2, -0.15) is 15.8 Å². The molecule has 0 fully saturated rings. The molecule has 0 saturated heterocycles. The van der Waals surface area contributed by atoms with E-state index in [9.17, 15) is 15.8 Å². The maximum Gasteiger partial charge on any atom is 0.164 e. The summed E-state index contributed by atoms with van der Waals surface area (Å²) in [6.07, 6.45) is 0. The van der Waals surface area contributed by atoms with Crippen molar-refractivity contribution >= 4 is 43.6 Å². The topological polar surface area (TPSA) is 120 Å². The maximum absolute atomic E-state index is 10.3. The van der Waals surface area contributed by atoms with Gasteiger partial charge in [-0.15, -0.1) is 0 Å². The Morgan fingerprint density at radius 1 is 0.284 bits per heavy atom. The van der Waals surface area contributed by atoms with Gasteiger partial charge in [-0.05, 0) is 108 Å². The van der Waals surface area contributed by atoms with Crippen molar-refractivity contribution in [2.24, 2.45) is 0 Å². The van der Waals surface area contributed by atoms with Crippen LogP contribution in [0.1, 0.15) is 16.7 Å². The molecule has 342 valence electrons. The lowest BCUT2D eigenvalue weighted by Gasteiger charge is -2.18. The molecule has 0 aliphatic heterocycles. The summed E-state index contributed by atoms with van der Waals surface area (Å²) in [5.41, 5.74) is 14.9. The molecule has 3 aromatic heterocycles. The van der Waals surface area contributed by atoms with Crippen molar-refractivity contribution in [2.45, 2.75) is 0 Å². The molecule has 0 spiro atoms. The third-order valence-corrected chi connectivity index (χ3v) is 13.9. The van der Waals surface area contributed by atoms with Crippen LogP contribution in [0.3, 0.4) is 0 Å². The van der Waals surface area contributed by atoms with E-state index < -0.39 is 0 Å². The number of hydrogen-bond donors (Lipinski definition) is 0. The number of para-hydroxylation sites is 4. The van der Waals surface area contributed by atoms with Gasteiger partial charge in [0.15, 0.2) is 17.5 Å². The summed E-state index contributed by atoms with van der Waals surface area (Å²) in [5, 5.41) is 35.2. The molecule has 0 aliphatic rings. The zero-order valence-corrected chi connectivity index (χ0v) is 39.5.